The fourth-order valence-electron chi connectivity index (χ4n) is 3.45. The number of piperazine rings is 1. The molecule has 1 saturated heterocycles. The Labute approximate surface area is 160 Å². The molecule has 1 aliphatic rings. The SMILES string of the molecule is CC(C)CN1CCN(C(=O)c2cccc(-c3ncccc3N)c2)[C@H](C)C1=O. The third-order valence-electron chi connectivity index (χ3n) is 4.82. The van der Waals surface area contributed by atoms with Crippen molar-refractivity contribution in [1.82, 2.24) is 14.8 Å². The van der Waals surface area contributed by atoms with Gasteiger partial charge in [0.2, 0.25) is 5.91 Å². The molecule has 0 unspecified atom stereocenters. The highest BCUT2D eigenvalue weighted by atomic mass is 16.2. The third kappa shape index (κ3) is 3.94. The molecule has 0 spiro atoms. The summed E-state index contributed by atoms with van der Waals surface area (Å²) < 4.78 is 0. The quantitative estimate of drug-likeness (QED) is 0.902. The van der Waals surface area contributed by atoms with E-state index in [2.05, 4.69) is 18.8 Å². The first-order valence-electron chi connectivity index (χ1n) is 9.29. The summed E-state index contributed by atoms with van der Waals surface area (Å²) in [6.45, 7) is 7.80. The van der Waals surface area contributed by atoms with Gasteiger partial charge in [-0.05, 0) is 37.1 Å². The van der Waals surface area contributed by atoms with Crippen molar-refractivity contribution >= 4 is 17.5 Å². The van der Waals surface area contributed by atoms with Crippen molar-refractivity contribution in [3.63, 3.8) is 0 Å². The fraction of sp³-hybridized carbons (Fsp3) is 0.381. The summed E-state index contributed by atoms with van der Waals surface area (Å²) in [6.07, 6.45) is 1.68. The summed E-state index contributed by atoms with van der Waals surface area (Å²) in [5.74, 6) is 0.272. The van der Waals surface area contributed by atoms with Crippen LogP contribution in [0.1, 0.15) is 31.1 Å². The number of nitrogen functional groups attached to an aromatic ring is 1. The lowest BCUT2D eigenvalue weighted by atomic mass is 10.0. The highest BCUT2D eigenvalue weighted by Crippen LogP contribution is 2.25. The largest absolute Gasteiger partial charge is 0.397 e. The van der Waals surface area contributed by atoms with Gasteiger partial charge in [0.25, 0.3) is 5.91 Å². The third-order valence-corrected chi connectivity index (χ3v) is 4.82. The summed E-state index contributed by atoms with van der Waals surface area (Å²) in [6, 6.07) is 10.3. The van der Waals surface area contributed by atoms with E-state index in [9.17, 15) is 9.59 Å². The summed E-state index contributed by atoms with van der Waals surface area (Å²) in [5.41, 5.74) is 8.55. The molecule has 27 heavy (non-hydrogen) atoms. The molecule has 2 N–H and O–H groups in total. The van der Waals surface area contributed by atoms with E-state index in [1.54, 1.807) is 42.3 Å². The Kier molecular flexibility index (Phi) is 5.44. The van der Waals surface area contributed by atoms with Gasteiger partial charge in [-0.15, -0.1) is 0 Å². The predicted octanol–water partition coefficient (Wildman–Crippen LogP) is 2.66. The second kappa shape index (κ2) is 7.78. The molecule has 142 valence electrons. The van der Waals surface area contributed by atoms with Crippen molar-refractivity contribution in [2.45, 2.75) is 26.8 Å². The smallest absolute Gasteiger partial charge is 0.254 e. The molecule has 0 bridgehead atoms. The number of amides is 2. The number of aromatic nitrogens is 1. The number of hydrogen-bond donors (Lipinski definition) is 1. The minimum atomic E-state index is -0.464. The molecule has 0 saturated carbocycles. The molecular weight excluding hydrogens is 340 g/mol. The molecule has 3 rings (SSSR count). The molecule has 6 nitrogen and oxygen atoms in total. The minimum Gasteiger partial charge on any atom is -0.397 e. The molecule has 0 aliphatic carbocycles. The van der Waals surface area contributed by atoms with Gasteiger partial charge in [-0.25, -0.2) is 0 Å². The van der Waals surface area contributed by atoms with Crippen LogP contribution in [-0.2, 0) is 4.79 Å². The van der Waals surface area contributed by atoms with Gasteiger partial charge in [0.15, 0.2) is 0 Å². The molecule has 1 aromatic carbocycles. The van der Waals surface area contributed by atoms with Crippen LogP contribution in [0.15, 0.2) is 42.6 Å². The molecular formula is C21H26N4O2. The molecule has 2 heterocycles. The Morgan fingerprint density at radius 3 is 2.74 bits per heavy atom. The number of anilines is 1. The predicted molar refractivity (Wildman–Crippen MR) is 106 cm³/mol. The highest BCUT2D eigenvalue weighted by molar-refractivity contribution is 5.99. The molecule has 1 fully saturated rings. The average Bonchev–Trinajstić information content (AvgIpc) is 2.65. The van der Waals surface area contributed by atoms with Crippen molar-refractivity contribution < 1.29 is 9.59 Å². The van der Waals surface area contributed by atoms with Crippen LogP contribution < -0.4 is 5.73 Å². The highest BCUT2D eigenvalue weighted by Gasteiger charge is 2.34. The van der Waals surface area contributed by atoms with Crippen molar-refractivity contribution in [2.24, 2.45) is 5.92 Å². The van der Waals surface area contributed by atoms with Gasteiger partial charge < -0.3 is 15.5 Å². The maximum Gasteiger partial charge on any atom is 0.254 e. The van der Waals surface area contributed by atoms with E-state index in [0.717, 1.165) is 12.1 Å². The first kappa shape index (κ1) is 18.9. The second-order valence-corrected chi connectivity index (χ2v) is 7.37. The van der Waals surface area contributed by atoms with Crippen LogP contribution in [0.25, 0.3) is 11.3 Å². The number of carbonyl (C=O) groups excluding carboxylic acids is 2. The van der Waals surface area contributed by atoms with Crippen molar-refractivity contribution in [2.75, 3.05) is 25.4 Å². The number of pyridine rings is 1. The van der Waals surface area contributed by atoms with Crippen molar-refractivity contribution in [3.8, 4) is 11.3 Å². The Bertz CT molecular complexity index is 850. The zero-order chi connectivity index (χ0) is 19.6. The Morgan fingerprint density at radius 2 is 2.04 bits per heavy atom. The number of hydrogen-bond acceptors (Lipinski definition) is 4. The van der Waals surface area contributed by atoms with Crippen molar-refractivity contribution in [3.05, 3.63) is 48.2 Å². The van der Waals surface area contributed by atoms with E-state index >= 15 is 0 Å². The topological polar surface area (TPSA) is 79.5 Å². The van der Waals surface area contributed by atoms with Crippen LogP contribution in [0.4, 0.5) is 5.69 Å². The van der Waals surface area contributed by atoms with Gasteiger partial charge in [0.1, 0.15) is 6.04 Å². The van der Waals surface area contributed by atoms with E-state index in [-0.39, 0.29) is 11.8 Å². The van der Waals surface area contributed by atoms with Crippen LogP contribution in [-0.4, -0.2) is 52.3 Å². The number of benzene rings is 1. The summed E-state index contributed by atoms with van der Waals surface area (Å²) >= 11 is 0. The van der Waals surface area contributed by atoms with Gasteiger partial charge in [-0.1, -0.05) is 26.0 Å². The molecule has 0 radical (unpaired) electrons. The zero-order valence-electron chi connectivity index (χ0n) is 16.1. The number of carbonyl (C=O) groups is 2. The standard InChI is InChI=1S/C21H26N4O2/c1-14(2)13-24-10-11-25(15(3)20(24)26)21(27)17-7-4-6-16(12-17)19-18(22)8-5-9-23-19/h4-9,12,14-15H,10-11,13,22H2,1-3H3/t15-/m1/s1. The van der Waals surface area contributed by atoms with Crippen molar-refractivity contribution in [1.29, 1.82) is 0 Å². The fourth-order valence-corrected chi connectivity index (χ4v) is 3.45. The van der Waals surface area contributed by atoms with Crippen LogP contribution in [0.2, 0.25) is 0 Å². The van der Waals surface area contributed by atoms with Gasteiger partial charge in [-0.3, -0.25) is 14.6 Å². The molecule has 1 aliphatic heterocycles. The van der Waals surface area contributed by atoms with Crippen LogP contribution >= 0.6 is 0 Å². The first-order chi connectivity index (χ1) is 12.9. The summed E-state index contributed by atoms with van der Waals surface area (Å²) in [7, 11) is 0. The Balaban J connectivity index is 1.82. The lowest BCUT2D eigenvalue weighted by molar-refractivity contribution is -0.140. The second-order valence-electron chi connectivity index (χ2n) is 7.37. The normalized spacial score (nSPS) is 17.5. The Hall–Kier alpha value is -2.89. The molecule has 2 amide bonds. The van der Waals surface area contributed by atoms with Gasteiger partial charge in [0, 0.05) is 37.0 Å². The lowest BCUT2D eigenvalue weighted by Gasteiger charge is -2.39. The molecule has 2 aromatic rings. The van der Waals surface area contributed by atoms with Crippen LogP contribution in [0.3, 0.4) is 0 Å². The van der Waals surface area contributed by atoms with Crippen LogP contribution in [0, 0.1) is 5.92 Å². The number of nitrogens with two attached hydrogens (primary N) is 1. The maximum absolute atomic E-state index is 13.1. The van der Waals surface area contributed by atoms with Gasteiger partial charge >= 0.3 is 0 Å². The average molecular weight is 366 g/mol. The minimum absolute atomic E-state index is 0.00780. The monoisotopic (exact) mass is 366 g/mol. The maximum atomic E-state index is 13.1. The molecule has 1 atom stereocenters. The van der Waals surface area contributed by atoms with E-state index in [1.807, 2.05) is 17.0 Å². The van der Waals surface area contributed by atoms with Gasteiger partial charge in [0.05, 0.1) is 11.4 Å². The van der Waals surface area contributed by atoms with E-state index in [4.69, 9.17) is 5.73 Å². The van der Waals surface area contributed by atoms with E-state index < -0.39 is 6.04 Å². The number of rotatable bonds is 4. The van der Waals surface area contributed by atoms with Gasteiger partial charge in [-0.2, -0.15) is 0 Å². The van der Waals surface area contributed by atoms with Crippen LogP contribution in [0.5, 0.6) is 0 Å². The zero-order valence-corrected chi connectivity index (χ0v) is 16.1. The van der Waals surface area contributed by atoms with E-state index in [0.29, 0.717) is 36.0 Å². The van der Waals surface area contributed by atoms with E-state index in [1.165, 1.54) is 0 Å². The summed E-state index contributed by atoms with van der Waals surface area (Å²) in [4.78, 5) is 33.5. The first-order valence-corrected chi connectivity index (χ1v) is 9.29. The lowest BCUT2D eigenvalue weighted by Crippen LogP contribution is -2.58. The molecule has 1 aromatic heterocycles. The molecule has 6 heteroatoms. The number of nitrogens with zero attached hydrogens (tertiary/aromatic N) is 3. The Morgan fingerprint density at radius 1 is 1.26 bits per heavy atom. The summed E-state index contributed by atoms with van der Waals surface area (Å²) in [5, 5.41) is 0.